The summed E-state index contributed by atoms with van der Waals surface area (Å²) >= 11 is 23.3. The molecule has 0 saturated carbocycles. The third-order valence-corrected chi connectivity index (χ3v) is 3.73. The third-order valence-electron chi connectivity index (χ3n) is 1.94. The number of allylic oxidation sites excluding steroid dienone is 4. The van der Waals surface area contributed by atoms with E-state index in [4.69, 9.17) is 46.4 Å². The summed E-state index contributed by atoms with van der Waals surface area (Å²) in [5.74, 6) is -0.266. The first-order valence-electron chi connectivity index (χ1n) is 4.66. The largest absolute Gasteiger partial charge is 0.273 e. The van der Waals surface area contributed by atoms with Crippen molar-refractivity contribution in [3.63, 3.8) is 0 Å². The summed E-state index contributed by atoms with van der Waals surface area (Å²) in [6.07, 6.45) is 0. The van der Waals surface area contributed by atoms with Gasteiger partial charge in [-0.05, 0) is 0 Å². The minimum Gasteiger partial charge on any atom is -0.273 e. The molecule has 1 aliphatic carbocycles. The number of carbonyl (C=O) groups is 1. The average molecular weight is 316 g/mol. The smallest absolute Gasteiger partial charge is 0.245 e. The number of amides is 1. The van der Waals surface area contributed by atoms with Crippen molar-refractivity contribution >= 4 is 58.0 Å². The van der Waals surface area contributed by atoms with Crippen molar-refractivity contribution in [3.8, 4) is 0 Å². The Morgan fingerprint density at radius 1 is 1.00 bits per heavy atom. The Kier molecular flexibility index (Phi) is 4.53. The maximum atomic E-state index is 11.6. The van der Waals surface area contributed by atoms with Crippen LogP contribution in [0.15, 0.2) is 25.2 Å². The van der Waals surface area contributed by atoms with E-state index in [0.29, 0.717) is 0 Å². The lowest BCUT2D eigenvalue weighted by Gasteiger charge is -2.15. The maximum Gasteiger partial charge on any atom is 0.245 e. The molecule has 0 atom stereocenters. The number of hydrogen-bond donors (Lipinski definition) is 1. The first-order valence-corrected chi connectivity index (χ1v) is 6.17. The van der Waals surface area contributed by atoms with E-state index < -0.39 is 5.41 Å². The van der Waals surface area contributed by atoms with Gasteiger partial charge in [0.1, 0.15) is 5.71 Å². The number of nitrogens with one attached hydrogen (secondary N) is 1. The molecule has 0 aromatic carbocycles. The molecule has 17 heavy (non-hydrogen) atoms. The molecule has 0 radical (unpaired) electrons. The number of rotatable bonds is 1. The molecular weight excluding hydrogens is 306 g/mol. The summed E-state index contributed by atoms with van der Waals surface area (Å²) in [6.45, 7) is 5.27. The predicted molar refractivity (Wildman–Crippen MR) is 72.5 cm³/mol. The first kappa shape index (κ1) is 14.8. The molecule has 0 aliphatic heterocycles. The average Bonchev–Trinajstić information content (AvgIpc) is 2.40. The molecule has 0 spiro atoms. The zero-order valence-corrected chi connectivity index (χ0v) is 12.4. The summed E-state index contributed by atoms with van der Waals surface area (Å²) in [7, 11) is 0. The van der Waals surface area contributed by atoms with Crippen molar-refractivity contribution in [2.45, 2.75) is 20.8 Å². The van der Waals surface area contributed by atoms with Crippen molar-refractivity contribution < 1.29 is 4.79 Å². The molecule has 94 valence electrons. The summed E-state index contributed by atoms with van der Waals surface area (Å²) in [5.41, 5.74) is 1.96. The van der Waals surface area contributed by atoms with Crippen molar-refractivity contribution in [3.05, 3.63) is 20.1 Å². The molecule has 1 rings (SSSR count). The van der Waals surface area contributed by atoms with Crippen LogP contribution < -0.4 is 5.43 Å². The molecule has 0 aromatic rings. The normalized spacial score (nSPS) is 16.8. The Morgan fingerprint density at radius 3 is 1.76 bits per heavy atom. The molecule has 0 fully saturated rings. The standard InChI is InChI=1S/C10H10Cl4N2O/c1-10(2,3)9(17)16-15-8-6(13)4(11)5(12)7(8)14/h1-3H3,(H,16,17). The second-order valence-corrected chi connectivity index (χ2v) is 5.92. The van der Waals surface area contributed by atoms with Crippen LogP contribution in [0.5, 0.6) is 0 Å². The lowest BCUT2D eigenvalue weighted by atomic mass is 9.96. The van der Waals surface area contributed by atoms with Gasteiger partial charge < -0.3 is 0 Å². The summed E-state index contributed by atoms with van der Waals surface area (Å²) < 4.78 is 0. The number of carbonyl (C=O) groups excluding carboxylic acids is 1. The van der Waals surface area contributed by atoms with Crippen LogP contribution in [-0.4, -0.2) is 11.6 Å². The summed E-state index contributed by atoms with van der Waals surface area (Å²) in [4.78, 5) is 11.6. The number of hydrogen-bond acceptors (Lipinski definition) is 2. The van der Waals surface area contributed by atoms with Gasteiger partial charge in [-0.3, -0.25) is 4.79 Å². The highest BCUT2D eigenvalue weighted by Crippen LogP contribution is 2.39. The molecule has 0 aromatic heterocycles. The highest BCUT2D eigenvalue weighted by molar-refractivity contribution is 6.66. The lowest BCUT2D eigenvalue weighted by Crippen LogP contribution is -2.32. The highest BCUT2D eigenvalue weighted by atomic mass is 35.5. The molecule has 0 unspecified atom stereocenters. The van der Waals surface area contributed by atoms with Gasteiger partial charge in [-0.2, -0.15) is 5.10 Å². The molecule has 0 bridgehead atoms. The van der Waals surface area contributed by atoms with Crippen molar-refractivity contribution in [2.75, 3.05) is 0 Å². The van der Waals surface area contributed by atoms with Gasteiger partial charge in [0.15, 0.2) is 0 Å². The maximum absolute atomic E-state index is 11.6. The van der Waals surface area contributed by atoms with Crippen molar-refractivity contribution in [1.82, 2.24) is 5.43 Å². The second-order valence-electron chi connectivity index (χ2n) is 4.41. The van der Waals surface area contributed by atoms with Gasteiger partial charge in [-0.1, -0.05) is 67.2 Å². The van der Waals surface area contributed by atoms with Gasteiger partial charge in [-0.25, -0.2) is 5.43 Å². The number of halogens is 4. The van der Waals surface area contributed by atoms with Crippen LogP contribution in [-0.2, 0) is 4.79 Å². The highest BCUT2D eigenvalue weighted by Gasteiger charge is 2.28. The van der Waals surface area contributed by atoms with Gasteiger partial charge in [0, 0.05) is 5.41 Å². The van der Waals surface area contributed by atoms with Gasteiger partial charge >= 0.3 is 0 Å². The van der Waals surface area contributed by atoms with Crippen LogP contribution in [0.3, 0.4) is 0 Å². The summed E-state index contributed by atoms with van der Waals surface area (Å²) in [6, 6.07) is 0. The van der Waals surface area contributed by atoms with E-state index >= 15 is 0 Å². The van der Waals surface area contributed by atoms with Crippen LogP contribution in [0.25, 0.3) is 0 Å². The van der Waals surface area contributed by atoms with Crippen LogP contribution in [0.4, 0.5) is 0 Å². The van der Waals surface area contributed by atoms with E-state index in [1.807, 2.05) is 0 Å². The zero-order chi connectivity index (χ0) is 13.4. The monoisotopic (exact) mass is 314 g/mol. The van der Waals surface area contributed by atoms with Crippen LogP contribution in [0.1, 0.15) is 20.8 Å². The van der Waals surface area contributed by atoms with Gasteiger partial charge in [0.25, 0.3) is 0 Å². The van der Waals surface area contributed by atoms with Gasteiger partial charge in [0.2, 0.25) is 5.91 Å². The fourth-order valence-electron chi connectivity index (χ4n) is 0.870. The molecule has 1 amide bonds. The van der Waals surface area contributed by atoms with Crippen LogP contribution in [0.2, 0.25) is 0 Å². The minimum atomic E-state index is -0.567. The molecule has 3 nitrogen and oxygen atoms in total. The van der Waals surface area contributed by atoms with E-state index in [9.17, 15) is 4.79 Å². The predicted octanol–water partition coefficient (Wildman–Crippen LogP) is 3.90. The lowest BCUT2D eigenvalue weighted by molar-refractivity contribution is -0.128. The van der Waals surface area contributed by atoms with Gasteiger partial charge in [0.05, 0.1) is 20.1 Å². The van der Waals surface area contributed by atoms with E-state index in [-0.39, 0.29) is 31.7 Å². The Labute approximate surface area is 119 Å². The number of hydrazone groups is 1. The molecule has 1 aliphatic rings. The Bertz CT molecular complexity index is 431. The first-order chi connectivity index (χ1) is 7.66. The summed E-state index contributed by atoms with van der Waals surface area (Å²) in [5, 5.41) is 4.32. The number of nitrogens with zero attached hydrogens (tertiary/aromatic N) is 1. The zero-order valence-electron chi connectivity index (χ0n) is 9.37. The fourth-order valence-corrected chi connectivity index (χ4v) is 1.85. The van der Waals surface area contributed by atoms with Crippen LogP contribution >= 0.6 is 46.4 Å². The van der Waals surface area contributed by atoms with E-state index in [0.717, 1.165) is 0 Å². The van der Waals surface area contributed by atoms with Gasteiger partial charge in [-0.15, -0.1) is 0 Å². The molecular formula is C10H10Cl4N2O. The van der Waals surface area contributed by atoms with Crippen LogP contribution in [0, 0.1) is 5.41 Å². The Hall–Kier alpha value is -0.220. The quantitative estimate of drug-likeness (QED) is 0.733. The fraction of sp³-hybridized carbons (Fsp3) is 0.400. The van der Waals surface area contributed by atoms with Crippen molar-refractivity contribution in [2.24, 2.45) is 10.5 Å². The Morgan fingerprint density at radius 2 is 1.41 bits per heavy atom. The molecule has 0 heterocycles. The van der Waals surface area contributed by atoms with E-state index in [1.165, 1.54) is 0 Å². The molecule has 7 heteroatoms. The SMILES string of the molecule is CC(C)(C)C(=O)NN=C1C(Cl)=C(Cl)C(Cl)=C1Cl. The van der Waals surface area contributed by atoms with E-state index in [2.05, 4.69) is 10.5 Å². The Balaban J connectivity index is 2.94. The minimum absolute atomic E-state index is 0.121. The van der Waals surface area contributed by atoms with Crippen molar-refractivity contribution in [1.29, 1.82) is 0 Å². The molecule has 1 N–H and O–H groups in total. The molecule has 0 saturated heterocycles. The second kappa shape index (κ2) is 5.19. The van der Waals surface area contributed by atoms with E-state index in [1.54, 1.807) is 20.8 Å². The third kappa shape index (κ3) is 3.16. The topological polar surface area (TPSA) is 41.5 Å².